The second-order valence-electron chi connectivity index (χ2n) is 4.43. The summed E-state index contributed by atoms with van der Waals surface area (Å²) in [6, 6.07) is -0.785. The van der Waals surface area contributed by atoms with E-state index >= 15 is 0 Å². The highest BCUT2D eigenvalue weighted by molar-refractivity contribution is 6.29. The summed E-state index contributed by atoms with van der Waals surface area (Å²) in [5.74, 6) is -1.38. The molecule has 1 fully saturated rings. The molecule has 6 nitrogen and oxygen atoms in total. The summed E-state index contributed by atoms with van der Waals surface area (Å²) in [6.45, 7) is 0.431. The first-order valence-electron chi connectivity index (χ1n) is 6.11. The van der Waals surface area contributed by atoms with Crippen LogP contribution in [0.3, 0.4) is 0 Å². The molecule has 0 bridgehead atoms. The number of carboxylic acids is 1. The molecular weight excluding hydrogens is 270 g/mol. The average Bonchev–Trinajstić information content (AvgIpc) is 2.64. The van der Waals surface area contributed by atoms with Gasteiger partial charge in [-0.25, -0.2) is 14.8 Å². The average molecular weight is 284 g/mol. The lowest BCUT2D eigenvalue weighted by molar-refractivity contribution is -0.142. The number of halogens is 1. The Morgan fingerprint density at radius 2 is 2.05 bits per heavy atom. The van der Waals surface area contributed by atoms with Crippen LogP contribution in [0.1, 0.15) is 36.2 Å². The van der Waals surface area contributed by atoms with Crippen LogP contribution in [-0.4, -0.2) is 44.4 Å². The van der Waals surface area contributed by atoms with E-state index in [1.807, 2.05) is 0 Å². The largest absolute Gasteiger partial charge is 0.480 e. The fourth-order valence-corrected chi connectivity index (χ4v) is 2.28. The van der Waals surface area contributed by atoms with Crippen molar-refractivity contribution in [2.24, 2.45) is 0 Å². The molecule has 1 N–H and O–H groups in total. The van der Waals surface area contributed by atoms with Crippen LogP contribution in [0, 0.1) is 0 Å². The van der Waals surface area contributed by atoms with E-state index in [1.54, 1.807) is 0 Å². The summed E-state index contributed by atoms with van der Waals surface area (Å²) in [5.41, 5.74) is 0.123. The first kappa shape index (κ1) is 13.7. The second-order valence-corrected chi connectivity index (χ2v) is 4.81. The minimum Gasteiger partial charge on any atom is -0.480 e. The lowest BCUT2D eigenvalue weighted by atomic mass is 10.1. The minimum atomic E-state index is -0.975. The number of likely N-dealkylation sites (tertiary alicyclic amines) is 1. The molecule has 1 aliphatic rings. The molecule has 0 aliphatic carbocycles. The number of amides is 1. The number of carbonyl (C=O) groups excluding carboxylic acids is 1. The highest BCUT2D eigenvalue weighted by atomic mass is 35.5. The van der Waals surface area contributed by atoms with Gasteiger partial charge in [-0.3, -0.25) is 4.79 Å². The van der Waals surface area contributed by atoms with Crippen LogP contribution >= 0.6 is 11.6 Å². The van der Waals surface area contributed by atoms with Crippen LogP contribution in [0.15, 0.2) is 12.4 Å². The van der Waals surface area contributed by atoms with Crippen molar-refractivity contribution in [3.8, 4) is 0 Å². The molecule has 0 saturated carbocycles. The Kier molecular flexibility index (Phi) is 4.31. The summed E-state index contributed by atoms with van der Waals surface area (Å²) in [6.07, 6.45) is 5.57. The summed E-state index contributed by atoms with van der Waals surface area (Å²) in [4.78, 5) is 32.6. The number of carboxylic acid groups (broad SMARTS) is 1. The van der Waals surface area contributed by atoms with Crippen LogP contribution in [0.5, 0.6) is 0 Å². The summed E-state index contributed by atoms with van der Waals surface area (Å²) in [7, 11) is 0. The zero-order valence-electron chi connectivity index (χ0n) is 10.3. The minimum absolute atomic E-state index is 0.123. The van der Waals surface area contributed by atoms with E-state index in [0.29, 0.717) is 13.0 Å². The molecule has 0 spiro atoms. The van der Waals surface area contributed by atoms with Gasteiger partial charge < -0.3 is 10.0 Å². The maximum Gasteiger partial charge on any atom is 0.326 e. The van der Waals surface area contributed by atoms with E-state index in [2.05, 4.69) is 9.97 Å². The summed E-state index contributed by atoms with van der Waals surface area (Å²) >= 11 is 5.61. The van der Waals surface area contributed by atoms with Crippen LogP contribution in [0.4, 0.5) is 0 Å². The molecule has 19 heavy (non-hydrogen) atoms. The van der Waals surface area contributed by atoms with Crippen molar-refractivity contribution in [2.75, 3.05) is 6.54 Å². The fourth-order valence-electron chi connectivity index (χ4n) is 2.18. The predicted molar refractivity (Wildman–Crippen MR) is 68.0 cm³/mol. The maximum atomic E-state index is 12.3. The summed E-state index contributed by atoms with van der Waals surface area (Å²) < 4.78 is 0. The third-order valence-corrected chi connectivity index (χ3v) is 3.33. The van der Waals surface area contributed by atoms with E-state index in [1.165, 1.54) is 17.3 Å². The van der Waals surface area contributed by atoms with Crippen molar-refractivity contribution in [1.29, 1.82) is 0 Å². The number of hydrogen-bond acceptors (Lipinski definition) is 4. The van der Waals surface area contributed by atoms with Crippen molar-refractivity contribution in [3.63, 3.8) is 0 Å². The Hall–Kier alpha value is -1.69. The van der Waals surface area contributed by atoms with Gasteiger partial charge in [-0.1, -0.05) is 24.4 Å². The van der Waals surface area contributed by atoms with Gasteiger partial charge in [0.05, 0.1) is 12.4 Å². The van der Waals surface area contributed by atoms with Crippen molar-refractivity contribution in [2.45, 2.75) is 31.7 Å². The van der Waals surface area contributed by atoms with Gasteiger partial charge in [0.2, 0.25) is 0 Å². The van der Waals surface area contributed by atoms with Crippen molar-refractivity contribution in [1.82, 2.24) is 14.9 Å². The molecule has 2 rings (SSSR count). The quantitative estimate of drug-likeness (QED) is 0.891. The summed E-state index contributed by atoms with van der Waals surface area (Å²) in [5, 5.41) is 9.42. The third kappa shape index (κ3) is 3.20. The number of aromatic nitrogens is 2. The highest BCUT2D eigenvalue weighted by Gasteiger charge is 2.31. The zero-order chi connectivity index (χ0) is 13.8. The van der Waals surface area contributed by atoms with Gasteiger partial charge in [0.15, 0.2) is 0 Å². The Balaban J connectivity index is 2.23. The molecule has 2 heterocycles. The van der Waals surface area contributed by atoms with E-state index in [9.17, 15) is 14.7 Å². The molecule has 1 aromatic rings. The molecular formula is C12H14ClN3O3. The third-order valence-electron chi connectivity index (χ3n) is 3.14. The first-order chi connectivity index (χ1) is 9.09. The lowest BCUT2D eigenvalue weighted by Gasteiger charge is -2.26. The molecule has 0 radical (unpaired) electrons. The molecule has 102 valence electrons. The Labute approximate surface area is 115 Å². The second kappa shape index (κ2) is 5.97. The highest BCUT2D eigenvalue weighted by Crippen LogP contribution is 2.19. The Morgan fingerprint density at radius 1 is 1.26 bits per heavy atom. The standard InChI is InChI=1S/C12H14ClN3O3/c13-10-7-14-8(6-15-10)11(17)16-5-3-1-2-4-9(16)12(18)19/h6-7,9H,1-5H2,(H,18,19). The number of rotatable bonds is 2. The lowest BCUT2D eigenvalue weighted by Crippen LogP contribution is -2.45. The van der Waals surface area contributed by atoms with Gasteiger partial charge in [0.1, 0.15) is 16.9 Å². The SMILES string of the molecule is O=C(O)C1CCCCCN1C(=O)c1cnc(Cl)cn1. The molecule has 1 aliphatic heterocycles. The normalized spacial score (nSPS) is 19.8. The van der Waals surface area contributed by atoms with Crippen LogP contribution in [-0.2, 0) is 4.79 Å². The topological polar surface area (TPSA) is 83.4 Å². The van der Waals surface area contributed by atoms with Crippen LogP contribution < -0.4 is 0 Å². The van der Waals surface area contributed by atoms with Gasteiger partial charge in [-0.15, -0.1) is 0 Å². The molecule has 0 aromatic carbocycles. The molecule has 1 aromatic heterocycles. The number of hydrogen-bond donors (Lipinski definition) is 1. The van der Waals surface area contributed by atoms with Crippen molar-refractivity contribution >= 4 is 23.5 Å². The van der Waals surface area contributed by atoms with Gasteiger partial charge in [-0.2, -0.15) is 0 Å². The number of aliphatic carboxylic acids is 1. The Bertz CT molecular complexity index is 478. The molecule has 1 amide bonds. The fraction of sp³-hybridized carbons (Fsp3) is 0.500. The smallest absolute Gasteiger partial charge is 0.326 e. The molecule has 7 heteroatoms. The molecule has 1 unspecified atom stereocenters. The van der Waals surface area contributed by atoms with E-state index in [4.69, 9.17) is 11.6 Å². The van der Waals surface area contributed by atoms with Crippen molar-refractivity contribution < 1.29 is 14.7 Å². The van der Waals surface area contributed by atoms with E-state index in [-0.39, 0.29) is 10.8 Å². The number of nitrogens with zero attached hydrogens (tertiary/aromatic N) is 3. The van der Waals surface area contributed by atoms with Gasteiger partial charge in [-0.05, 0) is 12.8 Å². The van der Waals surface area contributed by atoms with Crippen LogP contribution in [0.2, 0.25) is 5.15 Å². The predicted octanol–water partition coefficient (Wildman–Crippen LogP) is 1.60. The van der Waals surface area contributed by atoms with Gasteiger partial charge >= 0.3 is 5.97 Å². The van der Waals surface area contributed by atoms with Crippen molar-refractivity contribution in [3.05, 3.63) is 23.2 Å². The first-order valence-corrected chi connectivity index (χ1v) is 6.48. The van der Waals surface area contributed by atoms with E-state index in [0.717, 1.165) is 19.3 Å². The van der Waals surface area contributed by atoms with Crippen LogP contribution in [0.25, 0.3) is 0 Å². The zero-order valence-corrected chi connectivity index (χ0v) is 11.0. The molecule has 1 atom stereocenters. The maximum absolute atomic E-state index is 12.3. The monoisotopic (exact) mass is 283 g/mol. The molecule has 1 saturated heterocycles. The Morgan fingerprint density at radius 3 is 2.68 bits per heavy atom. The number of carbonyl (C=O) groups is 2. The van der Waals surface area contributed by atoms with Gasteiger partial charge in [0, 0.05) is 6.54 Å². The van der Waals surface area contributed by atoms with E-state index < -0.39 is 17.9 Å². The van der Waals surface area contributed by atoms with Gasteiger partial charge in [0.25, 0.3) is 5.91 Å².